The average molecular weight is 101 g/mol. The average Bonchev–Trinajstić information content (AvgIpc) is 1.96. The zero-order chi connectivity index (χ0) is 6.24. The van der Waals surface area contributed by atoms with Crippen LogP contribution >= 0.6 is 0 Å². The molecule has 1 heterocycles. The van der Waals surface area contributed by atoms with Gasteiger partial charge in [0.1, 0.15) is 0 Å². The summed E-state index contributed by atoms with van der Waals surface area (Å²) in [5, 5.41) is 0. The lowest BCUT2D eigenvalue weighted by atomic mass is 9.81. The fraction of sp³-hybridized carbons (Fsp3) is 0. The molecule has 1 aromatic rings. The molecule has 0 unspecified atom stereocenters. The van der Waals surface area contributed by atoms with Crippen molar-refractivity contribution in [1.82, 2.24) is 4.98 Å². The second-order valence-electron chi connectivity index (χ2n) is 1.02. The maximum Gasteiger partial charge on any atom is 0.0267 e. The second-order valence-corrected chi connectivity index (χ2v) is 1.02. The molecule has 1 aromatic heterocycles. The van der Waals surface area contributed by atoms with E-state index in [1.54, 1.807) is 12.4 Å². The van der Waals surface area contributed by atoms with E-state index in [2.05, 4.69) is 20.5 Å². The molecular weight excluding hydrogens is 95.7 g/mol. The molecule has 0 aliphatic rings. The maximum atomic E-state index is 4.00. The van der Waals surface area contributed by atoms with E-state index >= 15 is 0 Å². The van der Waals surface area contributed by atoms with Crippen LogP contribution in [0.5, 0.6) is 0 Å². The van der Waals surface area contributed by atoms with Crippen LogP contribution in [0, 0.1) is 0 Å². The number of hydrogen-bond acceptors (Lipinski definition) is 1. The fourth-order valence-electron chi connectivity index (χ4n) is 0.313. The van der Waals surface area contributed by atoms with Crippen molar-refractivity contribution in [3.8, 4) is 0 Å². The zero-order valence-electron chi connectivity index (χ0n) is 4.49. The van der Waals surface area contributed by atoms with E-state index in [0.717, 1.165) is 0 Å². The molecule has 0 fully saturated rings. The van der Waals surface area contributed by atoms with Crippen molar-refractivity contribution in [3.63, 3.8) is 0 Å². The quantitative estimate of drug-likeness (QED) is 0.428. The highest BCUT2D eigenvalue weighted by atomic mass is 14.6. The van der Waals surface area contributed by atoms with Crippen LogP contribution in [0.3, 0.4) is 0 Å². The summed E-state index contributed by atoms with van der Waals surface area (Å²) < 4.78 is 0. The minimum absolute atomic E-state index is 1.75. The molecule has 0 aromatic carbocycles. The Morgan fingerprint density at radius 3 is 1.50 bits per heavy atom. The first-order chi connectivity index (χ1) is 4.00. The molecule has 0 amide bonds. The van der Waals surface area contributed by atoms with Crippen molar-refractivity contribution < 1.29 is 0 Å². The van der Waals surface area contributed by atoms with Crippen LogP contribution in [-0.2, 0) is 0 Å². The molecule has 0 aliphatic heterocycles. The Morgan fingerprint density at radius 2 is 1.38 bits per heavy atom. The topological polar surface area (TPSA) is 12.9 Å². The van der Waals surface area contributed by atoms with Crippen molar-refractivity contribution in [2.24, 2.45) is 0 Å². The van der Waals surface area contributed by atoms with Gasteiger partial charge in [-0.05, 0) is 12.1 Å². The van der Waals surface area contributed by atoms with E-state index in [1.165, 1.54) is 0 Å². The van der Waals surface area contributed by atoms with E-state index in [4.69, 9.17) is 0 Å². The Hall–Kier alpha value is -0.720. The van der Waals surface area contributed by atoms with Gasteiger partial charge in [-0.2, -0.15) is 0 Å². The first kappa shape index (κ1) is 7.28. The predicted octanol–water partition coefficient (Wildman–Crippen LogP) is 0.320. The predicted molar refractivity (Wildman–Crippen MR) is 35.7 cm³/mol. The third-order valence-electron chi connectivity index (χ3n) is 0.566. The van der Waals surface area contributed by atoms with Crippen LogP contribution in [0.15, 0.2) is 30.6 Å². The molecule has 0 spiro atoms. The van der Waals surface area contributed by atoms with Crippen LogP contribution in [-0.4, -0.2) is 20.5 Å². The van der Waals surface area contributed by atoms with Crippen molar-refractivity contribution in [1.29, 1.82) is 0 Å². The van der Waals surface area contributed by atoms with Crippen LogP contribution in [0.2, 0.25) is 0 Å². The Balaban J connectivity index is 0.000000222. The Morgan fingerprint density at radius 1 is 0.875 bits per heavy atom. The molecule has 8 heavy (non-hydrogen) atoms. The van der Waals surface area contributed by atoms with Gasteiger partial charge in [0.05, 0.1) is 0 Å². The number of nitrogens with zero attached hydrogens (tertiary/aromatic N) is 1. The molecule has 4 radical (unpaired) electrons. The van der Waals surface area contributed by atoms with Gasteiger partial charge in [0.25, 0.3) is 0 Å². The molecule has 0 saturated carbocycles. The van der Waals surface area contributed by atoms with Gasteiger partial charge < -0.3 is 0 Å². The summed E-state index contributed by atoms with van der Waals surface area (Å²) in [6.07, 6.45) is 3.50. The van der Waals surface area contributed by atoms with Gasteiger partial charge in [0.2, 0.25) is 0 Å². The summed E-state index contributed by atoms with van der Waals surface area (Å²) in [5.74, 6) is 0. The van der Waals surface area contributed by atoms with E-state index in [0.29, 0.717) is 0 Å². The van der Waals surface area contributed by atoms with E-state index in [-0.39, 0.29) is 0 Å². The fourth-order valence-corrected chi connectivity index (χ4v) is 0.313. The SMILES string of the molecule is [B][B].c1ccncc1. The lowest BCUT2D eigenvalue weighted by molar-refractivity contribution is 1.33. The van der Waals surface area contributed by atoms with Crippen molar-refractivity contribution in [2.45, 2.75) is 0 Å². The Kier molecular flexibility index (Phi) is 5.71. The smallest absolute Gasteiger partial charge is 0.0267 e. The van der Waals surface area contributed by atoms with Gasteiger partial charge in [-0.25, -0.2) is 0 Å². The molecule has 36 valence electrons. The molecule has 1 nitrogen and oxygen atoms in total. The first-order valence-corrected chi connectivity index (χ1v) is 2.18. The van der Waals surface area contributed by atoms with Crippen LogP contribution in [0.4, 0.5) is 0 Å². The molecular formula is C5H5B2N. The van der Waals surface area contributed by atoms with Crippen molar-refractivity contribution in [3.05, 3.63) is 30.6 Å². The molecule has 0 aliphatic carbocycles. The normalized spacial score (nSPS) is 6.50. The first-order valence-electron chi connectivity index (χ1n) is 2.18. The van der Waals surface area contributed by atoms with Gasteiger partial charge in [-0.3, -0.25) is 4.98 Å². The summed E-state index contributed by atoms with van der Waals surface area (Å²) in [7, 11) is 8.00. The maximum absolute atomic E-state index is 4.00. The summed E-state index contributed by atoms with van der Waals surface area (Å²) in [6.45, 7) is 0. The monoisotopic (exact) mass is 101 g/mol. The number of aromatic nitrogens is 1. The Labute approximate surface area is 51.9 Å². The second kappa shape index (κ2) is 6.28. The van der Waals surface area contributed by atoms with Crippen LogP contribution in [0.25, 0.3) is 0 Å². The van der Waals surface area contributed by atoms with Crippen molar-refractivity contribution in [2.75, 3.05) is 0 Å². The van der Waals surface area contributed by atoms with Gasteiger partial charge in [-0.1, -0.05) is 6.07 Å². The number of pyridine rings is 1. The van der Waals surface area contributed by atoms with Crippen LogP contribution in [0.1, 0.15) is 0 Å². The largest absolute Gasteiger partial charge is 0.265 e. The molecule has 3 heteroatoms. The molecule has 1 rings (SSSR count). The highest BCUT2D eigenvalue weighted by Crippen LogP contribution is 1.73. The standard InChI is InChI=1S/C5H5N.B2/c1-2-4-6-5-3-1;1-2/h1-5H;. The molecule has 0 saturated heterocycles. The minimum Gasteiger partial charge on any atom is -0.265 e. The summed E-state index contributed by atoms with van der Waals surface area (Å²) >= 11 is 0. The number of hydrogen-bond donors (Lipinski definition) is 0. The number of rotatable bonds is 0. The summed E-state index contributed by atoms with van der Waals surface area (Å²) in [5.41, 5.74) is 0. The third kappa shape index (κ3) is 3.47. The van der Waals surface area contributed by atoms with Gasteiger partial charge in [0.15, 0.2) is 0 Å². The molecule has 0 bridgehead atoms. The minimum atomic E-state index is 1.75. The third-order valence-corrected chi connectivity index (χ3v) is 0.566. The van der Waals surface area contributed by atoms with E-state index < -0.39 is 0 Å². The highest BCUT2D eigenvalue weighted by molar-refractivity contribution is 6.75. The van der Waals surface area contributed by atoms with Crippen LogP contribution < -0.4 is 0 Å². The lowest BCUT2D eigenvalue weighted by Gasteiger charge is -1.70. The summed E-state index contributed by atoms with van der Waals surface area (Å²) in [4.78, 5) is 3.78. The highest BCUT2D eigenvalue weighted by Gasteiger charge is 1.58. The molecule has 0 atom stereocenters. The summed E-state index contributed by atoms with van der Waals surface area (Å²) in [6, 6.07) is 5.72. The molecule has 0 N–H and O–H groups in total. The van der Waals surface area contributed by atoms with Gasteiger partial charge >= 0.3 is 0 Å². The van der Waals surface area contributed by atoms with Crippen molar-refractivity contribution >= 4 is 15.5 Å². The zero-order valence-corrected chi connectivity index (χ0v) is 4.49. The lowest BCUT2D eigenvalue weighted by Crippen LogP contribution is -1.58. The Bertz CT molecular complexity index is 82.4. The van der Waals surface area contributed by atoms with E-state index in [9.17, 15) is 0 Å². The van der Waals surface area contributed by atoms with Gasteiger partial charge in [-0.15, -0.1) is 0 Å². The van der Waals surface area contributed by atoms with E-state index in [1.807, 2.05) is 18.2 Å². The van der Waals surface area contributed by atoms with Gasteiger partial charge in [0, 0.05) is 27.9 Å².